The van der Waals surface area contributed by atoms with E-state index in [4.69, 9.17) is 14.2 Å². The van der Waals surface area contributed by atoms with Crippen LogP contribution < -0.4 is 4.74 Å². The number of amides is 1. The number of carbonyl (C=O) groups is 1. The molecule has 0 unspecified atom stereocenters. The van der Waals surface area contributed by atoms with E-state index in [1.807, 2.05) is 55.9 Å². The van der Waals surface area contributed by atoms with Gasteiger partial charge in [0.1, 0.15) is 11.4 Å². The van der Waals surface area contributed by atoms with Gasteiger partial charge in [-0.3, -0.25) is 4.68 Å². The molecule has 0 spiro atoms. The summed E-state index contributed by atoms with van der Waals surface area (Å²) >= 11 is 0. The van der Waals surface area contributed by atoms with Gasteiger partial charge >= 0.3 is 6.09 Å². The smallest absolute Gasteiger partial charge is 0.410 e. The molecule has 0 bridgehead atoms. The molecule has 2 atom stereocenters. The van der Waals surface area contributed by atoms with Crippen LogP contribution in [-0.4, -0.2) is 57.9 Å². The van der Waals surface area contributed by atoms with E-state index >= 15 is 0 Å². The summed E-state index contributed by atoms with van der Waals surface area (Å²) in [4.78, 5) is 14.6. The minimum atomic E-state index is -0.554. The molecule has 1 amide bonds. The first-order valence-corrected chi connectivity index (χ1v) is 13.9. The predicted molar refractivity (Wildman–Crippen MR) is 154 cm³/mol. The van der Waals surface area contributed by atoms with Crippen molar-refractivity contribution in [3.05, 3.63) is 89.7 Å². The summed E-state index contributed by atoms with van der Waals surface area (Å²) in [6, 6.07) is 22.8. The number of piperidine rings is 1. The van der Waals surface area contributed by atoms with Gasteiger partial charge in [0, 0.05) is 25.2 Å². The zero-order valence-electron chi connectivity index (χ0n) is 23.7. The molecule has 8 nitrogen and oxygen atoms in total. The van der Waals surface area contributed by atoms with Crippen LogP contribution in [0, 0.1) is 0 Å². The quantitative estimate of drug-likeness (QED) is 0.272. The lowest BCUT2D eigenvalue weighted by Gasteiger charge is -2.38. The number of benzene rings is 3. The fourth-order valence-electron chi connectivity index (χ4n) is 5.08. The number of hydrogen-bond acceptors (Lipinski definition) is 6. The fraction of sp³-hybridized carbons (Fsp3) is 0.406. The first-order valence-electron chi connectivity index (χ1n) is 13.9. The Bertz CT molecular complexity index is 1430. The van der Waals surface area contributed by atoms with Crippen molar-refractivity contribution >= 4 is 16.9 Å². The summed E-state index contributed by atoms with van der Waals surface area (Å²) in [6.07, 6.45) is 3.03. The largest absolute Gasteiger partial charge is 0.497 e. The van der Waals surface area contributed by atoms with Crippen molar-refractivity contribution in [2.24, 2.45) is 0 Å². The van der Waals surface area contributed by atoms with Crippen LogP contribution in [-0.2, 0) is 29.0 Å². The number of rotatable bonds is 8. The summed E-state index contributed by atoms with van der Waals surface area (Å²) in [5, 5.41) is 11.3. The van der Waals surface area contributed by atoms with Crippen LogP contribution in [0.1, 0.15) is 49.9 Å². The normalized spacial score (nSPS) is 17.6. The number of hydrogen-bond donors (Lipinski definition) is 0. The van der Waals surface area contributed by atoms with Crippen LogP contribution >= 0.6 is 0 Å². The number of ether oxygens (including phenoxy) is 3. The Kier molecular flexibility index (Phi) is 8.35. The van der Waals surface area contributed by atoms with Crippen molar-refractivity contribution in [1.29, 1.82) is 0 Å². The lowest BCUT2D eigenvalue weighted by Crippen LogP contribution is -2.48. The molecule has 40 heavy (non-hydrogen) atoms. The second kappa shape index (κ2) is 12.1. The highest BCUT2D eigenvalue weighted by atomic mass is 16.6. The van der Waals surface area contributed by atoms with Crippen LogP contribution in [0.15, 0.2) is 72.9 Å². The zero-order chi connectivity index (χ0) is 28.1. The van der Waals surface area contributed by atoms with Gasteiger partial charge in [-0.1, -0.05) is 53.7 Å². The molecule has 2 heterocycles. The molecule has 1 fully saturated rings. The molecule has 1 saturated heterocycles. The molecule has 210 valence electrons. The Hall–Kier alpha value is -3.91. The topological polar surface area (TPSA) is 78.7 Å². The summed E-state index contributed by atoms with van der Waals surface area (Å²) in [6.45, 7) is 7.83. The molecule has 8 heteroatoms. The van der Waals surface area contributed by atoms with Crippen molar-refractivity contribution in [3.8, 4) is 5.75 Å². The second-order valence-corrected chi connectivity index (χ2v) is 11.4. The Morgan fingerprint density at radius 2 is 1.75 bits per heavy atom. The van der Waals surface area contributed by atoms with E-state index in [2.05, 4.69) is 52.8 Å². The third kappa shape index (κ3) is 6.99. The van der Waals surface area contributed by atoms with Crippen molar-refractivity contribution in [1.82, 2.24) is 19.9 Å². The molecule has 3 aromatic carbocycles. The third-order valence-corrected chi connectivity index (χ3v) is 7.21. The van der Waals surface area contributed by atoms with Crippen LogP contribution in [0.3, 0.4) is 0 Å². The highest BCUT2D eigenvalue weighted by Crippen LogP contribution is 2.31. The highest BCUT2D eigenvalue weighted by Gasteiger charge is 2.36. The van der Waals surface area contributed by atoms with Gasteiger partial charge in [-0.2, -0.15) is 0 Å². The summed E-state index contributed by atoms with van der Waals surface area (Å²) in [7, 11) is 1.67. The molecular formula is C32H38N4O4. The maximum atomic E-state index is 12.9. The Morgan fingerprint density at radius 3 is 2.50 bits per heavy atom. The van der Waals surface area contributed by atoms with E-state index in [1.165, 1.54) is 16.3 Å². The summed E-state index contributed by atoms with van der Waals surface area (Å²) in [5.41, 5.74) is 2.64. The van der Waals surface area contributed by atoms with Gasteiger partial charge in [-0.25, -0.2) is 4.79 Å². The van der Waals surface area contributed by atoms with Gasteiger partial charge in [-0.15, -0.1) is 5.10 Å². The van der Waals surface area contributed by atoms with Gasteiger partial charge in [0.2, 0.25) is 0 Å². The highest BCUT2D eigenvalue weighted by molar-refractivity contribution is 5.82. The standard InChI is InChI=1S/C32H38N4O4/c1-32(2,3)40-31(37)35-17-16-28(29-20-36(34-33-29)18-15-23-10-13-27(38-4)14-11-23)30(21-35)39-22-24-9-12-25-7-5-6-8-26(25)19-24/h5-14,19-20,28,30H,15-18,21-22H2,1-4H3/t28-,30+/m0/s1. The van der Waals surface area contributed by atoms with Crippen LogP contribution in [0.2, 0.25) is 0 Å². The molecule has 1 aromatic heterocycles. The minimum absolute atomic E-state index is 0.0221. The Balaban J connectivity index is 1.29. The van der Waals surface area contributed by atoms with Gasteiger partial charge < -0.3 is 19.1 Å². The average Bonchev–Trinajstić information content (AvgIpc) is 3.43. The van der Waals surface area contributed by atoms with E-state index in [9.17, 15) is 4.79 Å². The first-order chi connectivity index (χ1) is 19.3. The molecule has 1 aliphatic rings. The molecular weight excluding hydrogens is 504 g/mol. The number of nitrogens with zero attached hydrogens (tertiary/aromatic N) is 4. The fourth-order valence-corrected chi connectivity index (χ4v) is 5.08. The summed E-state index contributed by atoms with van der Waals surface area (Å²) in [5.74, 6) is 0.869. The summed E-state index contributed by atoms with van der Waals surface area (Å²) < 4.78 is 19.3. The van der Waals surface area contributed by atoms with Gasteiger partial charge in [0.15, 0.2) is 0 Å². The van der Waals surface area contributed by atoms with Crippen molar-refractivity contribution in [2.45, 2.75) is 64.4 Å². The lowest BCUT2D eigenvalue weighted by molar-refractivity contribution is -0.0366. The Labute approximate surface area is 235 Å². The van der Waals surface area contributed by atoms with Crippen LogP contribution in [0.4, 0.5) is 4.79 Å². The third-order valence-electron chi connectivity index (χ3n) is 7.21. The Morgan fingerprint density at radius 1 is 1.00 bits per heavy atom. The second-order valence-electron chi connectivity index (χ2n) is 11.4. The monoisotopic (exact) mass is 542 g/mol. The van der Waals surface area contributed by atoms with E-state index in [0.717, 1.165) is 36.4 Å². The number of aryl methyl sites for hydroxylation is 2. The average molecular weight is 543 g/mol. The van der Waals surface area contributed by atoms with E-state index in [0.29, 0.717) is 19.7 Å². The molecule has 5 rings (SSSR count). The zero-order valence-corrected chi connectivity index (χ0v) is 23.7. The van der Waals surface area contributed by atoms with Crippen LogP contribution in [0.5, 0.6) is 5.75 Å². The molecule has 4 aromatic rings. The lowest BCUT2D eigenvalue weighted by atomic mass is 9.91. The van der Waals surface area contributed by atoms with Crippen molar-refractivity contribution < 1.29 is 19.0 Å². The van der Waals surface area contributed by atoms with Gasteiger partial charge in [0.25, 0.3) is 0 Å². The first kappa shape index (κ1) is 27.6. The maximum Gasteiger partial charge on any atom is 0.410 e. The minimum Gasteiger partial charge on any atom is -0.497 e. The van der Waals surface area contributed by atoms with Gasteiger partial charge in [-0.05, 0) is 73.7 Å². The number of methoxy groups -OCH3 is 1. The van der Waals surface area contributed by atoms with Crippen molar-refractivity contribution in [3.63, 3.8) is 0 Å². The van der Waals surface area contributed by atoms with Crippen molar-refractivity contribution in [2.75, 3.05) is 20.2 Å². The van der Waals surface area contributed by atoms with E-state index in [-0.39, 0.29) is 18.1 Å². The SMILES string of the molecule is COc1ccc(CCn2cc([C@@H]3CCN(C(=O)OC(C)(C)C)C[C@H]3OCc3ccc4ccccc4c3)nn2)cc1. The van der Waals surface area contributed by atoms with Crippen LogP contribution in [0.25, 0.3) is 10.8 Å². The molecule has 0 saturated carbocycles. The van der Waals surface area contributed by atoms with Gasteiger partial charge in [0.05, 0.1) is 32.1 Å². The molecule has 1 aliphatic heterocycles. The predicted octanol–water partition coefficient (Wildman–Crippen LogP) is 5.99. The number of carbonyl (C=O) groups excluding carboxylic acids is 1. The number of fused-ring (bicyclic) bond motifs is 1. The molecule has 0 radical (unpaired) electrons. The molecule has 0 aliphatic carbocycles. The van der Waals surface area contributed by atoms with E-state index < -0.39 is 5.60 Å². The number of likely N-dealkylation sites (tertiary alicyclic amines) is 1. The maximum absolute atomic E-state index is 12.9. The molecule has 0 N–H and O–H groups in total. The van der Waals surface area contributed by atoms with E-state index in [1.54, 1.807) is 12.0 Å². The number of aromatic nitrogens is 3.